The standard InChI is InChI=1S/C25H27ClF2N10O2/c1-31-16-4-5-17-18(9-16)34-12-25(27,28)24(40)33-11-20(23-32-10-19(17)37-23)36-22(39)7-2-14-8-15(26)3-6-21(14)38(30)13-35-29/h2-10,13,20,31,34H,11-12,29-30H2,1H3,(H,32,37)(H,33,40)(H,36,39)/b7-2+,35-13-/t20-/m0/s1. The van der Waals surface area contributed by atoms with Crippen molar-refractivity contribution >= 4 is 52.9 Å². The number of nitrogens with two attached hydrogens (primary N) is 2. The molecule has 1 aliphatic rings. The minimum absolute atomic E-state index is 0.250. The first-order valence-electron chi connectivity index (χ1n) is 11.9. The second kappa shape index (κ2) is 12.0. The number of hydrazine groups is 1. The van der Waals surface area contributed by atoms with Gasteiger partial charge in [-0.05, 0) is 42.5 Å². The molecule has 1 aromatic heterocycles. The fourth-order valence-corrected chi connectivity index (χ4v) is 4.14. The summed E-state index contributed by atoms with van der Waals surface area (Å²) < 4.78 is 29.3. The molecule has 2 amide bonds. The Balaban J connectivity index is 1.63. The van der Waals surface area contributed by atoms with Crippen LogP contribution in [0.4, 0.5) is 25.8 Å². The van der Waals surface area contributed by atoms with E-state index in [4.69, 9.17) is 23.3 Å². The number of nitrogens with zero attached hydrogens (tertiary/aromatic N) is 3. The largest absolute Gasteiger partial charge is 0.388 e. The maximum atomic E-state index is 14.7. The van der Waals surface area contributed by atoms with Gasteiger partial charge in [0.25, 0.3) is 5.91 Å². The van der Waals surface area contributed by atoms with Crippen molar-refractivity contribution in [3.63, 3.8) is 0 Å². The second-order valence-corrected chi connectivity index (χ2v) is 9.16. The van der Waals surface area contributed by atoms with Crippen LogP contribution < -0.4 is 38.0 Å². The summed E-state index contributed by atoms with van der Waals surface area (Å²) in [6, 6.07) is 8.94. The quantitative estimate of drug-likeness (QED) is 0.0773. The summed E-state index contributed by atoms with van der Waals surface area (Å²) in [7, 11) is 1.70. The lowest BCUT2D eigenvalue weighted by molar-refractivity contribution is -0.143. The van der Waals surface area contributed by atoms with Gasteiger partial charge in [-0.15, -0.1) is 0 Å². The number of alkyl halides is 2. The molecule has 0 unspecified atom stereocenters. The normalized spacial score (nSPS) is 16.8. The zero-order valence-electron chi connectivity index (χ0n) is 21.2. The van der Waals surface area contributed by atoms with Gasteiger partial charge < -0.3 is 32.1 Å². The van der Waals surface area contributed by atoms with Crippen molar-refractivity contribution in [3.8, 4) is 11.3 Å². The van der Waals surface area contributed by atoms with Gasteiger partial charge in [-0.1, -0.05) is 11.6 Å². The minimum atomic E-state index is -3.73. The molecule has 0 radical (unpaired) electrons. The van der Waals surface area contributed by atoms with Crippen LogP contribution in [0.3, 0.4) is 0 Å². The van der Waals surface area contributed by atoms with Gasteiger partial charge in [-0.3, -0.25) is 14.6 Å². The number of nitrogens with one attached hydrogen (secondary N) is 5. The number of hydrazone groups is 1. The number of hydrogen-bond donors (Lipinski definition) is 7. The van der Waals surface area contributed by atoms with Gasteiger partial charge in [-0.25, -0.2) is 10.8 Å². The monoisotopic (exact) mass is 572 g/mol. The molecule has 15 heteroatoms. The van der Waals surface area contributed by atoms with Crippen LogP contribution in [0.15, 0.2) is 53.8 Å². The molecule has 0 saturated heterocycles. The van der Waals surface area contributed by atoms with E-state index in [-0.39, 0.29) is 12.4 Å². The number of aromatic nitrogens is 2. The molecular weight excluding hydrogens is 546 g/mol. The topological polar surface area (TPSA) is 179 Å². The van der Waals surface area contributed by atoms with Gasteiger partial charge in [-0.2, -0.15) is 13.9 Å². The molecule has 0 aliphatic carbocycles. The van der Waals surface area contributed by atoms with E-state index in [2.05, 4.69) is 36.3 Å². The van der Waals surface area contributed by atoms with E-state index < -0.39 is 30.3 Å². The van der Waals surface area contributed by atoms with Crippen LogP contribution in [0.25, 0.3) is 17.3 Å². The summed E-state index contributed by atoms with van der Waals surface area (Å²) in [5.74, 6) is 5.50. The van der Waals surface area contributed by atoms with E-state index in [1.54, 1.807) is 49.6 Å². The van der Waals surface area contributed by atoms with Crippen LogP contribution in [0.5, 0.6) is 0 Å². The van der Waals surface area contributed by atoms with Crippen molar-refractivity contribution in [1.82, 2.24) is 20.6 Å². The molecule has 2 bridgehead atoms. The van der Waals surface area contributed by atoms with Crippen molar-refractivity contribution < 1.29 is 18.4 Å². The summed E-state index contributed by atoms with van der Waals surface area (Å²) in [5, 5.41) is 15.4. The van der Waals surface area contributed by atoms with Crippen molar-refractivity contribution in [1.29, 1.82) is 0 Å². The van der Waals surface area contributed by atoms with Crippen LogP contribution >= 0.6 is 11.6 Å². The van der Waals surface area contributed by atoms with Gasteiger partial charge in [0.15, 0.2) is 0 Å². The Morgan fingerprint density at radius 1 is 1.27 bits per heavy atom. The molecule has 1 aliphatic heterocycles. The number of benzene rings is 2. The molecule has 0 saturated carbocycles. The average molecular weight is 573 g/mol. The Labute approximate surface area is 232 Å². The maximum Gasteiger partial charge on any atom is 0.341 e. The summed E-state index contributed by atoms with van der Waals surface area (Å²) in [5.41, 5.74) is 2.94. The SMILES string of the molecule is CNc1ccc2c(c1)NCC(F)(F)C(=O)NC[C@H](NC(=O)/C=C/c1cc(Cl)ccc1N(N)/C=N\N)c1nc-2c[nH]1. The number of rotatable bonds is 6. The van der Waals surface area contributed by atoms with E-state index in [1.807, 2.05) is 0 Å². The molecular formula is C25H27ClF2N10O2. The van der Waals surface area contributed by atoms with Gasteiger partial charge in [0, 0.05) is 53.4 Å². The highest BCUT2D eigenvalue weighted by Gasteiger charge is 2.39. The Bertz CT molecular complexity index is 1460. The van der Waals surface area contributed by atoms with Crippen molar-refractivity contribution in [2.45, 2.75) is 12.0 Å². The predicted octanol–water partition coefficient (Wildman–Crippen LogP) is 2.40. The van der Waals surface area contributed by atoms with E-state index in [0.29, 0.717) is 38.9 Å². The number of aromatic amines is 1. The van der Waals surface area contributed by atoms with Crippen molar-refractivity contribution in [2.75, 3.05) is 35.8 Å². The molecule has 12 nitrogen and oxygen atoms in total. The van der Waals surface area contributed by atoms with Crippen LogP contribution in [-0.4, -0.2) is 54.2 Å². The molecule has 9 N–H and O–H groups in total. The number of hydrogen-bond acceptors (Lipinski definition) is 8. The number of amides is 2. The first kappa shape index (κ1) is 28.3. The summed E-state index contributed by atoms with van der Waals surface area (Å²) in [6.45, 7) is -1.29. The highest BCUT2D eigenvalue weighted by atomic mass is 35.5. The molecule has 2 aromatic carbocycles. The third-order valence-corrected chi connectivity index (χ3v) is 6.24. The molecule has 2 heterocycles. The van der Waals surface area contributed by atoms with Gasteiger partial charge >= 0.3 is 5.92 Å². The number of anilines is 3. The molecule has 3 aromatic rings. The zero-order chi connectivity index (χ0) is 28.9. The number of imidazole rings is 1. The highest BCUT2D eigenvalue weighted by molar-refractivity contribution is 6.30. The van der Waals surface area contributed by atoms with Crippen molar-refractivity contribution in [2.24, 2.45) is 16.8 Å². The number of carbonyl (C=O) groups excluding carboxylic acids is 2. The fourth-order valence-electron chi connectivity index (χ4n) is 3.96. The summed E-state index contributed by atoms with van der Waals surface area (Å²) >= 11 is 6.10. The maximum absolute atomic E-state index is 14.7. The average Bonchev–Trinajstić information content (AvgIpc) is 3.42. The molecule has 210 valence electrons. The third-order valence-electron chi connectivity index (χ3n) is 6.00. The Morgan fingerprint density at radius 3 is 2.83 bits per heavy atom. The fraction of sp³-hybridized carbons (Fsp3) is 0.200. The molecule has 4 rings (SSSR count). The first-order chi connectivity index (χ1) is 19.1. The second-order valence-electron chi connectivity index (χ2n) is 8.72. The Kier molecular flexibility index (Phi) is 8.50. The molecule has 0 fully saturated rings. The van der Waals surface area contributed by atoms with E-state index in [9.17, 15) is 18.4 Å². The van der Waals surface area contributed by atoms with Crippen LogP contribution in [0, 0.1) is 0 Å². The van der Waals surface area contributed by atoms with Crippen LogP contribution in [-0.2, 0) is 9.59 Å². The van der Waals surface area contributed by atoms with Crippen LogP contribution in [0.2, 0.25) is 5.02 Å². The predicted molar refractivity (Wildman–Crippen MR) is 151 cm³/mol. The lowest BCUT2D eigenvalue weighted by Gasteiger charge is -2.22. The highest BCUT2D eigenvalue weighted by Crippen LogP contribution is 2.32. The number of H-pyrrole nitrogens is 1. The van der Waals surface area contributed by atoms with Gasteiger partial charge in [0.1, 0.15) is 18.2 Å². The number of fused-ring (bicyclic) bond motifs is 4. The van der Waals surface area contributed by atoms with E-state index in [1.165, 1.54) is 18.5 Å². The smallest absolute Gasteiger partial charge is 0.341 e. The summed E-state index contributed by atoms with van der Waals surface area (Å²) in [6.07, 6.45) is 5.43. The Morgan fingerprint density at radius 2 is 2.08 bits per heavy atom. The van der Waals surface area contributed by atoms with Crippen molar-refractivity contribution in [3.05, 3.63) is 65.1 Å². The summed E-state index contributed by atoms with van der Waals surface area (Å²) in [4.78, 5) is 32.8. The molecule has 1 atom stereocenters. The lowest BCUT2D eigenvalue weighted by atomic mass is 10.1. The zero-order valence-corrected chi connectivity index (χ0v) is 22.0. The number of halogens is 3. The molecule has 40 heavy (non-hydrogen) atoms. The first-order valence-corrected chi connectivity index (χ1v) is 12.3. The molecule has 0 spiro atoms. The van der Waals surface area contributed by atoms with Gasteiger partial charge in [0.2, 0.25) is 5.91 Å². The van der Waals surface area contributed by atoms with E-state index in [0.717, 1.165) is 5.01 Å². The van der Waals surface area contributed by atoms with Crippen LogP contribution in [0.1, 0.15) is 17.4 Å². The minimum Gasteiger partial charge on any atom is -0.388 e. The Hall–Kier alpha value is -4.69. The van der Waals surface area contributed by atoms with E-state index >= 15 is 0 Å². The lowest BCUT2D eigenvalue weighted by Crippen LogP contribution is -2.47. The third kappa shape index (κ3) is 6.47. The van der Waals surface area contributed by atoms with Gasteiger partial charge in [0.05, 0.1) is 17.9 Å². The number of carbonyl (C=O) groups is 2.